The number of benzene rings is 2. The zero-order valence-corrected chi connectivity index (χ0v) is 20.8. The Kier molecular flexibility index (Phi) is 7.13. The van der Waals surface area contributed by atoms with Crippen LogP contribution in [0.25, 0.3) is 10.9 Å². The van der Waals surface area contributed by atoms with Gasteiger partial charge in [-0.05, 0) is 43.3 Å². The molecule has 196 valence electrons. The van der Waals surface area contributed by atoms with Gasteiger partial charge >= 0.3 is 12.1 Å². The second-order valence-corrected chi connectivity index (χ2v) is 9.15. The van der Waals surface area contributed by atoms with E-state index < -0.39 is 35.7 Å². The van der Waals surface area contributed by atoms with Crippen molar-refractivity contribution in [3.63, 3.8) is 0 Å². The summed E-state index contributed by atoms with van der Waals surface area (Å²) in [5.74, 6) is -1.93. The predicted molar refractivity (Wildman–Crippen MR) is 130 cm³/mol. The highest BCUT2D eigenvalue weighted by Gasteiger charge is 2.49. The van der Waals surface area contributed by atoms with Crippen molar-refractivity contribution in [2.75, 3.05) is 25.0 Å². The predicted octanol–water partition coefficient (Wildman–Crippen LogP) is 5.40. The molecular formula is C24H20Cl2F4N4O3. The lowest BCUT2D eigenvalue weighted by Crippen LogP contribution is -2.65. The van der Waals surface area contributed by atoms with Gasteiger partial charge in [-0.3, -0.25) is 9.59 Å². The maximum atomic E-state index is 15.0. The molecule has 1 aliphatic heterocycles. The molecular weight excluding hydrogens is 539 g/mol. The van der Waals surface area contributed by atoms with Crippen LogP contribution in [0, 0.1) is 5.82 Å². The van der Waals surface area contributed by atoms with Crippen molar-refractivity contribution in [2.24, 2.45) is 0 Å². The molecule has 1 saturated heterocycles. The maximum Gasteiger partial charge on any atom is 0.433 e. The lowest BCUT2D eigenvalue weighted by molar-refractivity contribution is -0.148. The van der Waals surface area contributed by atoms with Crippen LogP contribution in [0.4, 0.5) is 23.2 Å². The van der Waals surface area contributed by atoms with Gasteiger partial charge in [0.15, 0.2) is 5.69 Å². The minimum Gasteiger partial charge on any atom is -0.465 e. The van der Waals surface area contributed by atoms with Gasteiger partial charge in [-0.1, -0.05) is 29.8 Å². The van der Waals surface area contributed by atoms with Gasteiger partial charge in [-0.15, -0.1) is 0 Å². The maximum absolute atomic E-state index is 15.0. The van der Waals surface area contributed by atoms with Crippen molar-refractivity contribution < 1.29 is 31.9 Å². The molecule has 1 N–H and O–H groups in total. The third-order valence-corrected chi connectivity index (χ3v) is 6.71. The lowest BCUT2D eigenvalue weighted by Gasteiger charge is -2.51. The average molecular weight is 559 g/mol. The van der Waals surface area contributed by atoms with Gasteiger partial charge < -0.3 is 15.0 Å². The monoisotopic (exact) mass is 558 g/mol. The quantitative estimate of drug-likeness (QED) is 0.182. The van der Waals surface area contributed by atoms with Crippen molar-refractivity contribution in [3.8, 4) is 0 Å². The Morgan fingerprint density at radius 3 is 2.57 bits per heavy atom. The molecule has 7 nitrogen and oxygen atoms in total. The van der Waals surface area contributed by atoms with E-state index >= 15 is 0 Å². The number of alkyl halides is 3. The Balaban J connectivity index is 1.77. The van der Waals surface area contributed by atoms with Crippen molar-refractivity contribution in [3.05, 3.63) is 70.1 Å². The molecule has 37 heavy (non-hydrogen) atoms. The van der Waals surface area contributed by atoms with Crippen LogP contribution >= 0.6 is 23.2 Å². The Bertz CT molecular complexity index is 1400. The summed E-state index contributed by atoms with van der Waals surface area (Å²) in [5.41, 5.74) is -2.11. The highest BCUT2D eigenvalue weighted by Crippen LogP contribution is 2.44. The number of carbonyl (C=O) groups excluding carboxylic acids is 2. The second-order valence-electron chi connectivity index (χ2n) is 8.36. The van der Waals surface area contributed by atoms with Crippen molar-refractivity contribution in [1.82, 2.24) is 14.7 Å². The van der Waals surface area contributed by atoms with Gasteiger partial charge in [0.2, 0.25) is 5.91 Å². The van der Waals surface area contributed by atoms with E-state index in [9.17, 15) is 27.2 Å². The molecule has 1 fully saturated rings. The molecule has 3 aromatic rings. The Labute approximate surface area is 218 Å². The molecule has 1 amide bonds. The number of fused-ring (bicyclic) bond motifs is 1. The van der Waals surface area contributed by atoms with E-state index in [0.717, 1.165) is 12.1 Å². The number of amides is 1. The molecule has 0 spiro atoms. The topological polar surface area (TPSA) is 76.5 Å². The molecule has 0 atom stereocenters. The Morgan fingerprint density at radius 1 is 1.24 bits per heavy atom. The Hall–Kier alpha value is -3.31. The first-order chi connectivity index (χ1) is 17.4. The zero-order chi connectivity index (χ0) is 27.1. The number of nitrogens with one attached hydrogen (secondary N) is 1. The average Bonchev–Trinajstić information content (AvgIpc) is 3.16. The van der Waals surface area contributed by atoms with Crippen LogP contribution in [-0.2, 0) is 32.6 Å². The number of anilines is 1. The third kappa shape index (κ3) is 4.97. The molecule has 0 saturated carbocycles. The van der Waals surface area contributed by atoms with E-state index in [1.807, 2.05) is 0 Å². The van der Waals surface area contributed by atoms with E-state index in [2.05, 4.69) is 17.0 Å². The fourth-order valence-electron chi connectivity index (χ4n) is 4.39. The molecule has 1 aromatic heterocycles. The molecule has 13 heteroatoms. The van der Waals surface area contributed by atoms with Crippen molar-refractivity contribution in [2.45, 2.75) is 25.2 Å². The fourth-order valence-corrected chi connectivity index (χ4v) is 4.88. The standard InChI is InChI=1S/C24H20Cl2F4N4O3/c1-3-18(35)33-11-23(12-33,20-16(27)8-7-15(25)21(20)26)31-13-5-6-14-17(9-13)32-34(10-19(36)37-4-2)22(14)24(28,29)30/h3,5-9,31H,1,4,10-12H2,2H3. The fraction of sp³-hybridized carbons (Fsp3) is 0.292. The highest BCUT2D eigenvalue weighted by molar-refractivity contribution is 6.42. The number of aromatic nitrogens is 2. The first-order valence-corrected chi connectivity index (χ1v) is 11.7. The van der Waals surface area contributed by atoms with Gasteiger partial charge in [0.05, 0.1) is 35.3 Å². The van der Waals surface area contributed by atoms with E-state index in [-0.39, 0.29) is 57.8 Å². The highest BCUT2D eigenvalue weighted by atomic mass is 35.5. The number of hydrogen-bond acceptors (Lipinski definition) is 5. The molecule has 2 aromatic carbocycles. The summed E-state index contributed by atoms with van der Waals surface area (Å²) in [6.45, 7) is 4.23. The first-order valence-electron chi connectivity index (χ1n) is 11.0. The van der Waals surface area contributed by atoms with Crippen LogP contribution < -0.4 is 5.32 Å². The van der Waals surface area contributed by atoms with E-state index in [1.165, 1.54) is 36.1 Å². The minimum atomic E-state index is -4.80. The largest absolute Gasteiger partial charge is 0.465 e. The Morgan fingerprint density at radius 2 is 1.95 bits per heavy atom. The van der Waals surface area contributed by atoms with Crippen molar-refractivity contribution in [1.29, 1.82) is 0 Å². The van der Waals surface area contributed by atoms with Gasteiger partial charge in [0.1, 0.15) is 17.9 Å². The normalized spacial score (nSPS) is 14.8. The van der Waals surface area contributed by atoms with Gasteiger partial charge in [0, 0.05) is 16.6 Å². The van der Waals surface area contributed by atoms with Crippen LogP contribution in [0.5, 0.6) is 0 Å². The summed E-state index contributed by atoms with van der Waals surface area (Å²) >= 11 is 12.5. The van der Waals surface area contributed by atoms with Gasteiger partial charge in [-0.25, -0.2) is 9.07 Å². The van der Waals surface area contributed by atoms with Gasteiger partial charge in [-0.2, -0.15) is 18.3 Å². The number of halogens is 6. The smallest absolute Gasteiger partial charge is 0.433 e. The number of hydrogen-bond donors (Lipinski definition) is 1. The molecule has 0 radical (unpaired) electrons. The number of carbonyl (C=O) groups is 2. The number of rotatable bonds is 7. The molecule has 4 rings (SSSR count). The van der Waals surface area contributed by atoms with E-state index in [4.69, 9.17) is 27.9 Å². The summed E-state index contributed by atoms with van der Waals surface area (Å²) in [7, 11) is 0. The summed E-state index contributed by atoms with van der Waals surface area (Å²) < 4.78 is 61.8. The molecule has 0 bridgehead atoms. The summed E-state index contributed by atoms with van der Waals surface area (Å²) in [4.78, 5) is 25.4. The number of likely N-dealkylation sites (tertiary alicyclic amines) is 1. The molecule has 1 aliphatic rings. The number of ether oxygens (including phenoxy) is 1. The van der Waals surface area contributed by atoms with Crippen LogP contribution in [0.1, 0.15) is 18.2 Å². The van der Waals surface area contributed by atoms with Crippen LogP contribution in [0.15, 0.2) is 43.0 Å². The SMILES string of the molecule is C=CC(=O)N1CC(Nc2ccc3c(C(F)(F)F)n(CC(=O)OCC)nc3c2)(c2c(F)ccc(Cl)c2Cl)C1. The van der Waals surface area contributed by atoms with E-state index in [1.54, 1.807) is 0 Å². The minimum absolute atomic E-state index is 0.00508. The summed E-state index contributed by atoms with van der Waals surface area (Å²) in [6, 6.07) is 6.33. The van der Waals surface area contributed by atoms with Crippen LogP contribution in [0.2, 0.25) is 10.0 Å². The summed E-state index contributed by atoms with van der Waals surface area (Å²) in [6.07, 6.45) is -3.69. The second kappa shape index (κ2) is 9.86. The first kappa shape index (κ1) is 26.7. The number of nitrogens with zero attached hydrogens (tertiary/aromatic N) is 3. The van der Waals surface area contributed by atoms with E-state index in [0.29, 0.717) is 4.68 Å². The number of esters is 1. The molecule has 0 aliphatic carbocycles. The van der Waals surface area contributed by atoms with Crippen molar-refractivity contribution >= 4 is 51.7 Å². The molecule has 0 unspecified atom stereocenters. The third-order valence-electron chi connectivity index (χ3n) is 5.91. The zero-order valence-electron chi connectivity index (χ0n) is 19.3. The van der Waals surface area contributed by atoms with Crippen LogP contribution in [-0.4, -0.2) is 46.3 Å². The lowest BCUT2D eigenvalue weighted by atomic mass is 9.81. The van der Waals surface area contributed by atoms with Crippen LogP contribution in [0.3, 0.4) is 0 Å². The van der Waals surface area contributed by atoms with Gasteiger partial charge in [0.25, 0.3) is 0 Å². The molecule has 2 heterocycles. The summed E-state index contributed by atoms with van der Waals surface area (Å²) in [5, 5.41) is 6.89.